The van der Waals surface area contributed by atoms with Crippen molar-refractivity contribution in [2.45, 2.75) is 51.5 Å². The van der Waals surface area contributed by atoms with Crippen LogP contribution in [0, 0.1) is 13.8 Å². The Kier molecular flexibility index (Phi) is 7.47. The number of fused-ring (bicyclic) bond motifs is 1. The lowest BCUT2D eigenvalue weighted by molar-refractivity contribution is -0.128. The first-order chi connectivity index (χ1) is 17.1. The molecule has 1 amide bonds. The van der Waals surface area contributed by atoms with E-state index in [1.54, 1.807) is 42.3 Å². The van der Waals surface area contributed by atoms with Gasteiger partial charge in [0.25, 0.3) is 5.91 Å². The van der Waals surface area contributed by atoms with Crippen LogP contribution in [0.25, 0.3) is 16.6 Å². The van der Waals surface area contributed by atoms with E-state index in [0.717, 1.165) is 33.4 Å². The number of nitrogens with zero attached hydrogens (tertiary/aromatic N) is 2. The number of carbonyl (C=O) groups is 1. The van der Waals surface area contributed by atoms with Crippen molar-refractivity contribution in [3.05, 3.63) is 76.6 Å². The number of sulfone groups is 1. The molecule has 3 heterocycles. The standard InChI is InChI=1S/C28H33N3O4S/c1-5-20(28(33)31-12-10-22(32)11-13-31)16-24(21-8-7-9-23(15-21)36(34,35)6-2)26-19(4)30-27-25(26)14-18(3)17-29-27/h5,7-9,14-17,22,32H,6,10-13H2,1-4H3,(H,29,30)/b20-5-,24-16-. The number of rotatable bonds is 6. The van der Waals surface area contributed by atoms with Gasteiger partial charge in [-0.2, -0.15) is 0 Å². The molecule has 0 spiro atoms. The van der Waals surface area contributed by atoms with Crippen LogP contribution in [0.4, 0.5) is 0 Å². The summed E-state index contributed by atoms with van der Waals surface area (Å²) in [4.78, 5) is 23.3. The van der Waals surface area contributed by atoms with Crippen LogP contribution in [0.15, 0.2) is 59.1 Å². The molecule has 0 bridgehead atoms. The molecule has 1 aliphatic rings. The highest BCUT2D eigenvalue weighted by molar-refractivity contribution is 7.91. The fourth-order valence-corrected chi connectivity index (χ4v) is 5.57. The largest absolute Gasteiger partial charge is 0.393 e. The van der Waals surface area contributed by atoms with E-state index in [2.05, 4.69) is 9.97 Å². The van der Waals surface area contributed by atoms with Gasteiger partial charge in [0.2, 0.25) is 0 Å². The molecule has 1 aliphatic heterocycles. The van der Waals surface area contributed by atoms with Crippen molar-refractivity contribution in [3.63, 3.8) is 0 Å². The molecule has 1 fully saturated rings. The Morgan fingerprint density at radius 2 is 1.94 bits per heavy atom. The minimum absolute atomic E-state index is 0.00411. The summed E-state index contributed by atoms with van der Waals surface area (Å²) in [5, 5.41) is 10.8. The second kappa shape index (κ2) is 10.4. The number of piperidine rings is 1. The van der Waals surface area contributed by atoms with Gasteiger partial charge in [-0.15, -0.1) is 0 Å². The average Bonchev–Trinajstić information content (AvgIpc) is 3.19. The van der Waals surface area contributed by atoms with Crippen molar-refractivity contribution in [1.29, 1.82) is 0 Å². The lowest BCUT2D eigenvalue weighted by Crippen LogP contribution is -2.40. The molecule has 7 nitrogen and oxygen atoms in total. The number of aryl methyl sites for hydroxylation is 2. The Morgan fingerprint density at radius 3 is 2.61 bits per heavy atom. The van der Waals surface area contributed by atoms with Crippen LogP contribution in [0.1, 0.15) is 49.1 Å². The molecule has 0 radical (unpaired) electrons. The number of likely N-dealkylation sites (tertiary alicyclic amines) is 1. The van der Waals surface area contributed by atoms with Gasteiger partial charge in [-0.1, -0.05) is 25.1 Å². The molecule has 8 heteroatoms. The maximum atomic E-state index is 13.5. The third-order valence-corrected chi connectivity index (χ3v) is 8.47. The molecule has 0 aliphatic carbocycles. The van der Waals surface area contributed by atoms with E-state index in [1.165, 1.54) is 0 Å². The highest BCUT2D eigenvalue weighted by Crippen LogP contribution is 2.35. The Balaban J connectivity index is 1.91. The lowest BCUT2D eigenvalue weighted by atomic mass is 9.93. The van der Waals surface area contributed by atoms with Gasteiger partial charge in [0.15, 0.2) is 9.84 Å². The van der Waals surface area contributed by atoms with Crippen LogP contribution in [0.5, 0.6) is 0 Å². The molecule has 2 aromatic heterocycles. The second-order valence-electron chi connectivity index (χ2n) is 9.29. The second-order valence-corrected chi connectivity index (χ2v) is 11.6. The van der Waals surface area contributed by atoms with Gasteiger partial charge in [-0.25, -0.2) is 13.4 Å². The highest BCUT2D eigenvalue weighted by atomic mass is 32.2. The van der Waals surface area contributed by atoms with Gasteiger partial charge >= 0.3 is 0 Å². The zero-order chi connectivity index (χ0) is 26.0. The summed E-state index contributed by atoms with van der Waals surface area (Å²) in [6, 6.07) is 8.94. The SMILES string of the molecule is C/C=C(/C=C(/c1cccc(S(=O)(=O)CC)c1)c1c(C)[nH]c2ncc(C)cc12)C(=O)N1CCC(O)CC1. The van der Waals surface area contributed by atoms with E-state index in [1.807, 2.05) is 39.0 Å². The molecule has 0 atom stereocenters. The van der Waals surface area contributed by atoms with Gasteiger partial charge in [0, 0.05) is 41.5 Å². The topological polar surface area (TPSA) is 103 Å². The number of amides is 1. The number of hydrogen-bond acceptors (Lipinski definition) is 5. The number of nitrogens with one attached hydrogen (secondary N) is 1. The van der Waals surface area contributed by atoms with E-state index in [9.17, 15) is 18.3 Å². The number of hydrogen-bond donors (Lipinski definition) is 2. The van der Waals surface area contributed by atoms with Crippen molar-refractivity contribution in [2.24, 2.45) is 0 Å². The smallest absolute Gasteiger partial charge is 0.253 e. The third-order valence-electron chi connectivity index (χ3n) is 6.74. The summed E-state index contributed by atoms with van der Waals surface area (Å²) < 4.78 is 25.4. The first-order valence-corrected chi connectivity index (χ1v) is 13.9. The Morgan fingerprint density at radius 1 is 1.22 bits per heavy atom. The van der Waals surface area contributed by atoms with E-state index in [0.29, 0.717) is 37.1 Å². The summed E-state index contributed by atoms with van der Waals surface area (Å²) in [6.07, 6.45) is 6.18. The molecule has 3 aromatic rings. The normalized spacial score (nSPS) is 16.1. The number of aliphatic hydroxyl groups excluding tert-OH is 1. The van der Waals surface area contributed by atoms with E-state index < -0.39 is 9.84 Å². The van der Waals surface area contributed by atoms with Crippen molar-refractivity contribution in [2.75, 3.05) is 18.8 Å². The predicted octanol–water partition coefficient (Wildman–Crippen LogP) is 4.33. The van der Waals surface area contributed by atoms with E-state index in [4.69, 9.17) is 0 Å². The van der Waals surface area contributed by atoms with Gasteiger partial charge in [-0.3, -0.25) is 4.79 Å². The quantitative estimate of drug-likeness (QED) is 0.382. The molecule has 4 rings (SSSR count). The third kappa shape index (κ3) is 5.15. The minimum atomic E-state index is -3.42. The minimum Gasteiger partial charge on any atom is -0.393 e. The fourth-order valence-electron chi connectivity index (χ4n) is 4.65. The Labute approximate surface area is 212 Å². The number of benzene rings is 1. The number of aromatic nitrogens is 2. The van der Waals surface area contributed by atoms with Gasteiger partial charge in [-0.05, 0) is 74.6 Å². The Bertz CT molecular complexity index is 1460. The molecule has 0 saturated carbocycles. The van der Waals surface area contributed by atoms with Crippen molar-refractivity contribution >= 4 is 32.4 Å². The summed E-state index contributed by atoms with van der Waals surface area (Å²) in [5.41, 5.74) is 5.46. The number of pyridine rings is 1. The first kappa shape index (κ1) is 25.9. The van der Waals surface area contributed by atoms with Gasteiger partial charge < -0.3 is 15.0 Å². The van der Waals surface area contributed by atoms with Crippen molar-refractivity contribution in [1.82, 2.24) is 14.9 Å². The number of aliphatic hydroxyl groups is 1. The van der Waals surface area contributed by atoms with Crippen LogP contribution in [-0.2, 0) is 14.6 Å². The average molecular weight is 508 g/mol. The maximum absolute atomic E-state index is 13.5. The van der Waals surface area contributed by atoms with Gasteiger partial charge in [0.1, 0.15) is 5.65 Å². The first-order valence-electron chi connectivity index (χ1n) is 12.3. The predicted molar refractivity (Wildman–Crippen MR) is 142 cm³/mol. The fraction of sp³-hybridized carbons (Fsp3) is 0.357. The van der Waals surface area contributed by atoms with Crippen LogP contribution in [-0.4, -0.2) is 59.2 Å². The van der Waals surface area contributed by atoms with Crippen LogP contribution < -0.4 is 0 Å². The molecular weight excluding hydrogens is 474 g/mol. The summed E-state index contributed by atoms with van der Waals surface area (Å²) >= 11 is 0. The van der Waals surface area contributed by atoms with Crippen LogP contribution in [0.2, 0.25) is 0 Å². The molecule has 2 N–H and O–H groups in total. The molecule has 1 saturated heterocycles. The van der Waals surface area contributed by atoms with E-state index in [-0.39, 0.29) is 22.7 Å². The number of carbonyl (C=O) groups excluding carboxylic acids is 1. The molecular formula is C28H33N3O4S. The number of H-pyrrole nitrogens is 1. The van der Waals surface area contributed by atoms with Crippen molar-refractivity contribution < 1.29 is 18.3 Å². The van der Waals surface area contributed by atoms with Crippen LogP contribution in [0.3, 0.4) is 0 Å². The van der Waals surface area contributed by atoms with Crippen LogP contribution >= 0.6 is 0 Å². The monoisotopic (exact) mass is 507 g/mol. The molecule has 1 aromatic carbocycles. The van der Waals surface area contributed by atoms with E-state index >= 15 is 0 Å². The molecule has 36 heavy (non-hydrogen) atoms. The Hall–Kier alpha value is -3.23. The molecule has 0 unspecified atom stereocenters. The van der Waals surface area contributed by atoms with Crippen molar-refractivity contribution in [3.8, 4) is 0 Å². The zero-order valence-corrected chi connectivity index (χ0v) is 22.0. The highest BCUT2D eigenvalue weighted by Gasteiger charge is 2.25. The number of allylic oxidation sites excluding steroid dienone is 1. The van der Waals surface area contributed by atoms with Gasteiger partial charge in [0.05, 0.1) is 16.8 Å². The summed E-state index contributed by atoms with van der Waals surface area (Å²) in [6.45, 7) is 8.38. The lowest BCUT2D eigenvalue weighted by Gasteiger charge is -2.30. The summed E-state index contributed by atoms with van der Waals surface area (Å²) in [5.74, 6) is -0.101. The zero-order valence-electron chi connectivity index (χ0n) is 21.2. The molecule has 190 valence electrons. The maximum Gasteiger partial charge on any atom is 0.253 e. The number of aromatic amines is 1. The summed E-state index contributed by atoms with van der Waals surface area (Å²) in [7, 11) is -3.42.